The Hall–Kier alpha value is -2.37. The fraction of sp³-hybridized carbons (Fsp3) is 0.375. The Kier molecular flexibility index (Phi) is 3.20. The summed E-state index contributed by atoms with van der Waals surface area (Å²) in [6.07, 6.45) is -0.630. The number of alkyl carbamates (subject to hydrolysis) is 1. The molecule has 1 amide bonds. The van der Waals surface area contributed by atoms with Crippen LogP contribution in [0, 0.1) is 5.82 Å². The van der Waals surface area contributed by atoms with Gasteiger partial charge in [-0.3, -0.25) is 4.79 Å². The molecule has 1 aromatic carbocycles. The van der Waals surface area contributed by atoms with Crippen LogP contribution in [-0.4, -0.2) is 16.3 Å². The first-order valence-electron chi connectivity index (χ1n) is 7.08. The minimum absolute atomic E-state index is 0.200. The normalized spacial score (nSPS) is 16.8. The Morgan fingerprint density at radius 2 is 2.00 bits per heavy atom. The molecule has 2 aromatic rings. The van der Waals surface area contributed by atoms with Gasteiger partial charge in [0.15, 0.2) is 0 Å². The number of carbonyl (C=O) groups is 1. The van der Waals surface area contributed by atoms with Gasteiger partial charge in [0.25, 0.3) is 5.56 Å². The zero-order valence-electron chi connectivity index (χ0n) is 12.6. The van der Waals surface area contributed by atoms with Crippen LogP contribution in [0.1, 0.15) is 32.4 Å². The molecule has 0 saturated carbocycles. The van der Waals surface area contributed by atoms with Crippen molar-refractivity contribution in [2.45, 2.75) is 39.0 Å². The largest absolute Gasteiger partial charge is 0.444 e. The first kappa shape index (κ1) is 14.6. The van der Waals surface area contributed by atoms with Crippen LogP contribution in [0.4, 0.5) is 9.18 Å². The summed E-state index contributed by atoms with van der Waals surface area (Å²) in [7, 11) is 0. The number of rotatable bonds is 1. The predicted molar refractivity (Wildman–Crippen MR) is 80.3 cm³/mol. The zero-order chi connectivity index (χ0) is 16.1. The van der Waals surface area contributed by atoms with E-state index in [1.807, 2.05) is 0 Å². The molecule has 0 saturated heterocycles. The smallest absolute Gasteiger partial charge is 0.408 e. The molecular weight excluding hydrogens is 287 g/mol. The molecule has 0 radical (unpaired) electrons. The van der Waals surface area contributed by atoms with Crippen molar-refractivity contribution in [1.29, 1.82) is 0 Å². The molecule has 0 spiro atoms. The highest BCUT2D eigenvalue weighted by molar-refractivity contribution is 5.85. The van der Waals surface area contributed by atoms with E-state index in [1.54, 1.807) is 32.9 Å². The Balaban J connectivity index is 2.00. The molecule has 1 unspecified atom stereocenters. The number of aromatic nitrogens is 1. The number of nitrogens with one attached hydrogen (secondary N) is 1. The Morgan fingerprint density at radius 3 is 2.68 bits per heavy atom. The number of ether oxygens (including phenoxy) is 1. The number of carbonyl (C=O) groups excluding carboxylic acids is 1. The lowest BCUT2D eigenvalue weighted by Gasteiger charge is -2.22. The van der Waals surface area contributed by atoms with Crippen LogP contribution in [0.25, 0.3) is 10.9 Å². The summed E-state index contributed by atoms with van der Waals surface area (Å²) in [6, 6.07) is 5.46. The van der Waals surface area contributed by atoms with E-state index in [0.717, 1.165) is 5.39 Å². The first-order valence-corrected chi connectivity index (χ1v) is 7.08. The Morgan fingerprint density at radius 1 is 1.32 bits per heavy atom. The molecular formula is C16H17FN2O3. The van der Waals surface area contributed by atoms with Crippen LogP contribution in [-0.2, 0) is 11.3 Å². The van der Waals surface area contributed by atoms with Crippen LogP contribution in [0.5, 0.6) is 0 Å². The maximum Gasteiger partial charge on any atom is 0.408 e. The molecule has 22 heavy (non-hydrogen) atoms. The monoisotopic (exact) mass is 304 g/mol. The summed E-state index contributed by atoms with van der Waals surface area (Å²) in [5, 5.41) is 3.42. The quantitative estimate of drug-likeness (QED) is 0.881. The van der Waals surface area contributed by atoms with Gasteiger partial charge in [-0.1, -0.05) is 0 Å². The summed E-state index contributed by atoms with van der Waals surface area (Å²) < 4.78 is 20.9. The Labute approximate surface area is 126 Å². The summed E-state index contributed by atoms with van der Waals surface area (Å²) >= 11 is 0. The highest BCUT2D eigenvalue weighted by atomic mass is 19.1. The number of benzene rings is 1. The van der Waals surface area contributed by atoms with Gasteiger partial charge in [0, 0.05) is 11.6 Å². The van der Waals surface area contributed by atoms with Gasteiger partial charge in [0.1, 0.15) is 11.4 Å². The van der Waals surface area contributed by atoms with Gasteiger partial charge in [-0.25, -0.2) is 9.18 Å². The van der Waals surface area contributed by atoms with Gasteiger partial charge < -0.3 is 14.6 Å². The number of amides is 1. The van der Waals surface area contributed by atoms with Crippen molar-refractivity contribution >= 4 is 17.0 Å². The van der Waals surface area contributed by atoms with Crippen LogP contribution in [0.15, 0.2) is 29.1 Å². The van der Waals surface area contributed by atoms with Gasteiger partial charge in [0.2, 0.25) is 0 Å². The topological polar surface area (TPSA) is 60.3 Å². The molecule has 6 heteroatoms. The third kappa shape index (κ3) is 2.45. The second-order valence-corrected chi connectivity index (χ2v) is 6.38. The highest BCUT2D eigenvalue weighted by Gasteiger charge is 2.30. The van der Waals surface area contributed by atoms with E-state index < -0.39 is 23.6 Å². The van der Waals surface area contributed by atoms with E-state index in [-0.39, 0.29) is 12.1 Å². The molecule has 5 nitrogen and oxygen atoms in total. The summed E-state index contributed by atoms with van der Waals surface area (Å²) in [5.74, 6) is -0.439. The van der Waals surface area contributed by atoms with Crippen LogP contribution >= 0.6 is 0 Å². The average molecular weight is 304 g/mol. The number of hydrogen-bond acceptors (Lipinski definition) is 3. The standard InChI is InChI=1S/C16H17FN2O3/c1-16(2,3)22-15(21)18-11-8-19-12(20)7-5-9-4-6-10(17)13(11)14(9)19/h4-7,11H,8H2,1-3H3,(H,18,21). The van der Waals surface area contributed by atoms with Crippen LogP contribution in [0.2, 0.25) is 0 Å². The molecule has 1 aliphatic heterocycles. The lowest BCUT2D eigenvalue weighted by molar-refractivity contribution is 0.0501. The third-order valence-electron chi connectivity index (χ3n) is 3.54. The first-order chi connectivity index (χ1) is 10.3. The van der Waals surface area contributed by atoms with E-state index in [1.165, 1.54) is 16.7 Å². The zero-order valence-corrected chi connectivity index (χ0v) is 12.6. The van der Waals surface area contributed by atoms with Crippen LogP contribution < -0.4 is 10.9 Å². The minimum atomic E-state index is -0.642. The van der Waals surface area contributed by atoms with Gasteiger partial charge in [-0.2, -0.15) is 0 Å². The molecule has 1 N–H and O–H groups in total. The maximum atomic E-state index is 14.2. The summed E-state index contributed by atoms with van der Waals surface area (Å²) in [5.41, 5.74) is 0.0131. The average Bonchev–Trinajstić information content (AvgIpc) is 2.76. The lowest BCUT2D eigenvalue weighted by atomic mass is 10.1. The van der Waals surface area contributed by atoms with Gasteiger partial charge in [0.05, 0.1) is 18.1 Å². The van der Waals surface area contributed by atoms with E-state index in [9.17, 15) is 14.0 Å². The van der Waals surface area contributed by atoms with Crippen molar-refractivity contribution in [2.75, 3.05) is 0 Å². The van der Waals surface area contributed by atoms with Crippen molar-refractivity contribution in [3.8, 4) is 0 Å². The number of nitrogens with zero attached hydrogens (tertiary/aromatic N) is 1. The fourth-order valence-corrected chi connectivity index (χ4v) is 2.75. The Bertz CT molecular complexity index is 820. The van der Waals surface area contributed by atoms with Crippen LogP contribution in [0.3, 0.4) is 0 Å². The molecule has 1 atom stereocenters. The fourth-order valence-electron chi connectivity index (χ4n) is 2.75. The van der Waals surface area contributed by atoms with E-state index in [2.05, 4.69) is 5.32 Å². The third-order valence-corrected chi connectivity index (χ3v) is 3.54. The van der Waals surface area contributed by atoms with Crippen molar-refractivity contribution in [3.63, 3.8) is 0 Å². The van der Waals surface area contributed by atoms with Gasteiger partial charge >= 0.3 is 6.09 Å². The molecule has 1 aliphatic rings. The van der Waals surface area contributed by atoms with E-state index in [0.29, 0.717) is 11.1 Å². The minimum Gasteiger partial charge on any atom is -0.444 e. The molecule has 2 heterocycles. The van der Waals surface area contributed by atoms with Crippen molar-refractivity contribution in [1.82, 2.24) is 9.88 Å². The summed E-state index contributed by atoms with van der Waals surface area (Å²) in [6.45, 7) is 5.46. The second-order valence-electron chi connectivity index (χ2n) is 6.38. The van der Waals surface area contributed by atoms with E-state index >= 15 is 0 Å². The van der Waals surface area contributed by atoms with Gasteiger partial charge in [-0.15, -0.1) is 0 Å². The molecule has 0 fully saturated rings. The van der Waals surface area contributed by atoms with E-state index in [4.69, 9.17) is 4.74 Å². The number of halogens is 1. The lowest BCUT2D eigenvalue weighted by Crippen LogP contribution is -2.35. The summed E-state index contributed by atoms with van der Waals surface area (Å²) in [4.78, 5) is 23.9. The predicted octanol–water partition coefficient (Wildman–Crippen LogP) is 2.72. The molecule has 0 aliphatic carbocycles. The maximum absolute atomic E-state index is 14.2. The number of pyridine rings is 1. The molecule has 0 bridgehead atoms. The molecule has 116 valence electrons. The van der Waals surface area contributed by atoms with Crippen molar-refractivity contribution in [2.24, 2.45) is 0 Å². The molecule has 3 rings (SSSR count). The highest BCUT2D eigenvalue weighted by Crippen LogP contribution is 2.33. The molecule has 1 aromatic heterocycles. The van der Waals surface area contributed by atoms with Gasteiger partial charge in [-0.05, 0) is 44.4 Å². The number of hydrogen-bond donors (Lipinski definition) is 1. The SMILES string of the molecule is CC(C)(C)OC(=O)NC1Cn2c(=O)ccc3ccc(F)c1c32. The van der Waals surface area contributed by atoms with Crippen molar-refractivity contribution in [3.05, 3.63) is 46.0 Å². The van der Waals surface area contributed by atoms with Crippen molar-refractivity contribution < 1.29 is 13.9 Å². The second kappa shape index (κ2) is 4.83.